The highest BCUT2D eigenvalue weighted by molar-refractivity contribution is 5.93. The number of hydrogen-bond acceptors (Lipinski definition) is 8. The predicted molar refractivity (Wildman–Crippen MR) is 136 cm³/mol. The van der Waals surface area contributed by atoms with Crippen LogP contribution < -0.4 is 5.43 Å². The number of hydrazone groups is 1. The van der Waals surface area contributed by atoms with Crippen molar-refractivity contribution in [3.8, 4) is 0 Å². The molecule has 0 aromatic rings. The van der Waals surface area contributed by atoms with Crippen molar-refractivity contribution in [1.82, 2.24) is 5.43 Å². The highest BCUT2D eigenvalue weighted by Gasteiger charge is 2.69. The SMILES string of the molecule is CCOC(=O)N/N=C(\C)[C@@]1(O)[C@H](OC(C)=O)C[C@@H]2[C@@H]3CC=C4C[C@@H](OC(C)=O)CC[C@]4(C)[C@@H]3CC[C@@]21C. The molecule has 4 aliphatic carbocycles. The molecular weight excluding hydrogens is 476 g/mol. The van der Waals surface area contributed by atoms with Crippen LogP contribution in [0.3, 0.4) is 0 Å². The fourth-order valence-corrected chi connectivity index (χ4v) is 8.32. The van der Waals surface area contributed by atoms with Gasteiger partial charge in [-0.2, -0.15) is 5.10 Å². The molecule has 8 atom stereocenters. The first-order valence-electron chi connectivity index (χ1n) is 13.6. The summed E-state index contributed by atoms with van der Waals surface area (Å²) in [5.41, 5.74) is 1.98. The second kappa shape index (κ2) is 10.0. The number of amides is 1. The summed E-state index contributed by atoms with van der Waals surface area (Å²) < 4.78 is 16.2. The molecule has 1 amide bonds. The van der Waals surface area contributed by atoms with Gasteiger partial charge in [0.15, 0.2) is 0 Å². The van der Waals surface area contributed by atoms with Gasteiger partial charge in [0.2, 0.25) is 0 Å². The molecule has 0 aliphatic heterocycles. The van der Waals surface area contributed by atoms with Gasteiger partial charge in [0.05, 0.1) is 12.3 Å². The van der Waals surface area contributed by atoms with Crippen LogP contribution in [-0.2, 0) is 23.8 Å². The maximum absolute atomic E-state index is 12.3. The van der Waals surface area contributed by atoms with Crippen molar-refractivity contribution in [3.63, 3.8) is 0 Å². The number of allylic oxidation sites excluding steroid dienone is 1. The lowest BCUT2D eigenvalue weighted by atomic mass is 9.46. The molecule has 0 unspecified atom stereocenters. The monoisotopic (exact) mass is 518 g/mol. The van der Waals surface area contributed by atoms with Crippen molar-refractivity contribution >= 4 is 23.7 Å². The van der Waals surface area contributed by atoms with Gasteiger partial charge in [0.25, 0.3) is 0 Å². The molecule has 0 aromatic heterocycles. The first-order valence-corrected chi connectivity index (χ1v) is 13.6. The van der Waals surface area contributed by atoms with Crippen LogP contribution >= 0.6 is 0 Å². The summed E-state index contributed by atoms with van der Waals surface area (Å²) in [5.74, 6) is 0.173. The average Bonchev–Trinajstić information content (AvgIpc) is 3.05. The second-order valence-corrected chi connectivity index (χ2v) is 11.8. The van der Waals surface area contributed by atoms with E-state index in [4.69, 9.17) is 14.2 Å². The largest absolute Gasteiger partial charge is 0.462 e. The van der Waals surface area contributed by atoms with E-state index in [1.54, 1.807) is 13.8 Å². The molecular formula is C28H42N2O7. The summed E-state index contributed by atoms with van der Waals surface area (Å²) in [5, 5.41) is 16.5. The van der Waals surface area contributed by atoms with E-state index in [0.29, 0.717) is 24.0 Å². The lowest BCUT2D eigenvalue weighted by Gasteiger charge is -2.58. The van der Waals surface area contributed by atoms with Gasteiger partial charge in [-0.05, 0) is 75.5 Å². The van der Waals surface area contributed by atoms with Crippen LogP contribution in [-0.4, -0.2) is 53.3 Å². The lowest BCUT2D eigenvalue weighted by molar-refractivity contribution is -0.161. The fourth-order valence-electron chi connectivity index (χ4n) is 8.32. The minimum Gasteiger partial charge on any atom is -0.462 e. The number of hydrogen-bond donors (Lipinski definition) is 2. The molecule has 206 valence electrons. The Kier molecular flexibility index (Phi) is 7.49. The van der Waals surface area contributed by atoms with Gasteiger partial charge >= 0.3 is 18.0 Å². The maximum Gasteiger partial charge on any atom is 0.427 e. The third-order valence-electron chi connectivity index (χ3n) is 10.0. The summed E-state index contributed by atoms with van der Waals surface area (Å²) in [4.78, 5) is 35.5. The van der Waals surface area contributed by atoms with Crippen molar-refractivity contribution in [2.75, 3.05) is 6.61 Å². The number of nitrogens with one attached hydrogen (secondary N) is 1. The van der Waals surface area contributed by atoms with Gasteiger partial charge in [0, 0.05) is 25.7 Å². The second-order valence-electron chi connectivity index (χ2n) is 11.8. The van der Waals surface area contributed by atoms with Gasteiger partial charge in [-0.15, -0.1) is 0 Å². The van der Waals surface area contributed by atoms with Crippen LogP contribution in [0.2, 0.25) is 0 Å². The van der Waals surface area contributed by atoms with Crippen LogP contribution in [0.5, 0.6) is 0 Å². The van der Waals surface area contributed by atoms with Crippen molar-refractivity contribution < 1.29 is 33.7 Å². The maximum atomic E-state index is 12.3. The zero-order valence-electron chi connectivity index (χ0n) is 23.0. The number of fused-ring (bicyclic) bond motifs is 5. The molecule has 0 spiro atoms. The van der Waals surface area contributed by atoms with Gasteiger partial charge in [-0.1, -0.05) is 25.5 Å². The quantitative estimate of drug-likeness (QED) is 0.183. The number of carbonyl (C=O) groups is 3. The summed E-state index contributed by atoms with van der Waals surface area (Å²) in [7, 11) is 0. The highest BCUT2D eigenvalue weighted by atomic mass is 16.6. The van der Waals surface area contributed by atoms with Crippen molar-refractivity contribution in [1.29, 1.82) is 0 Å². The number of ether oxygens (including phenoxy) is 3. The van der Waals surface area contributed by atoms with E-state index in [9.17, 15) is 19.5 Å². The van der Waals surface area contributed by atoms with E-state index in [0.717, 1.165) is 38.5 Å². The Morgan fingerprint density at radius 1 is 1.08 bits per heavy atom. The third kappa shape index (κ3) is 4.57. The first-order chi connectivity index (χ1) is 17.4. The molecule has 4 rings (SSSR count). The van der Waals surface area contributed by atoms with E-state index >= 15 is 0 Å². The number of rotatable bonds is 5. The Morgan fingerprint density at radius 3 is 2.43 bits per heavy atom. The van der Waals surface area contributed by atoms with E-state index < -0.39 is 29.2 Å². The van der Waals surface area contributed by atoms with Crippen LogP contribution in [0.25, 0.3) is 0 Å². The standard InChI is InChI=1S/C28H42N2O7/c1-7-35-25(33)30-29-16(2)28(34)24(37-18(4)32)15-23-21-9-8-19-14-20(36-17(3)31)10-12-26(19,5)22(21)11-13-27(23,28)6/h8,20-24,34H,7,9-15H2,1-6H3,(H,30,33)/b29-16+/t20-,21+,22+,23+,24+,26-,27-,28+/m0/s1. The Labute approximate surface area is 219 Å². The molecule has 9 nitrogen and oxygen atoms in total. The molecule has 0 saturated heterocycles. The van der Waals surface area contributed by atoms with E-state index in [1.165, 1.54) is 19.4 Å². The number of esters is 2. The molecule has 3 fully saturated rings. The fraction of sp³-hybridized carbons (Fsp3) is 0.786. The minimum absolute atomic E-state index is 0.0210. The highest BCUT2D eigenvalue weighted by Crippen LogP contribution is 2.67. The van der Waals surface area contributed by atoms with Crippen LogP contribution in [0, 0.1) is 28.6 Å². The van der Waals surface area contributed by atoms with Gasteiger partial charge in [-0.3, -0.25) is 9.59 Å². The van der Waals surface area contributed by atoms with Crippen LogP contribution in [0.1, 0.15) is 86.5 Å². The predicted octanol–water partition coefficient (Wildman–Crippen LogP) is 4.28. The molecule has 3 saturated carbocycles. The smallest absolute Gasteiger partial charge is 0.427 e. The van der Waals surface area contributed by atoms with Gasteiger partial charge in [0.1, 0.15) is 17.8 Å². The summed E-state index contributed by atoms with van der Waals surface area (Å²) >= 11 is 0. The number of carbonyl (C=O) groups excluding carboxylic acids is 3. The molecule has 4 aliphatic rings. The lowest BCUT2D eigenvalue weighted by Crippen LogP contribution is -2.60. The van der Waals surface area contributed by atoms with E-state index in [-0.39, 0.29) is 30.0 Å². The zero-order chi connectivity index (χ0) is 27.2. The van der Waals surface area contributed by atoms with Crippen LogP contribution in [0.15, 0.2) is 16.8 Å². The molecule has 9 heteroatoms. The molecule has 0 bridgehead atoms. The molecule has 0 radical (unpaired) electrons. The third-order valence-corrected chi connectivity index (χ3v) is 10.0. The topological polar surface area (TPSA) is 124 Å². The van der Waals surface area contributed by atoms with Crippen molar-refractivity contribution in [2.45, 2.75) is 104 Å². The van der Waals surface area contributed by atoms with Crippen LogP contribution in [0.4, 0.5) is 4.79 Å². The van der Waals surface area contributed by atoms with Crippen molar-refractivity contribution in [2.24, 2.45) is 33.7 Å². The molecule has 37 heavy (non-hydrogen) atoms. The molecule has 0 aromatic carbocycles. The first kappa shape index (κ1) is 27.6. The summed E-state index contributed by atoms with van der Waals surface area (Å²) in [6.45, 7) is 10.8. The van der Waals surface area contributed by atoms with Gasteiger partial charge < -0.3 is 19.3 Å². The minimum atomic E-state index is -1.52. The van der Waals surface area contributed by atoms with Crippen molar-refractivity contribution in [3.05, 3.63) is 11.6 Å². The number of aliphatic hydroxyl groups is 1. The molecule has 0 heterocycles. The Morgan fingerprint density at radius 2 is 1.78 bits per heavy atom. The normalized spacial score (nSPS) is 40.9. The summed E-state index contributed by atoms with van der Waals surface area (Å²) in [6, 6.07) is 0. The number of nitrogens with zero attached hydrogens (tertiary/aromatic N) is 1. The van der Waals surface area contributed by atoms with E-state index in [2.05, 4.69) is 30.5 Å². The van der Waals surface area contributed by atoms with E-state index in [1.807, 2.05) is 0 Å². The Bertz CT molecular complexity index is 1010. The zero-order valence-corrected chi connectivity index (χ0v) is 23.0. The molecule has 2 N–H and O–H groups in total. The average molecular weight is 519 g/mol. The summed E-state index contributed by atoms with van der Waals surface area (Å²) in [6.07, 6.45) is 6.51. The Balaban J connectivity index is 1.65. The van der Waals surface area contributed by atoms with Gasteiger partial charge in [-0.25, -0.2) is 10.2 Å². The Hall–Kier alpha value is -2.42.